The number of aryl methyl sites for hydroxylation is 1. The van der Waals surface area contributed by atoms with E-state index in [1.807, 2.05) is 31.2 Å². The summed E-state index contributed by atoms with van der Waals surface area (Å²) in [5.41, 5.74) is 1.47. The summed E-state index contributed by atoms with van der Waals surface area (Å²) < 4.78 is 10.5. The van der Waals surface area contributed by atoms with Gasteiger partial charge in [-0.05, 0) is 19.1 Å². The van der Waals surface area contributed by atoms with E-state index in [0.29, 0.717) is 30.6 Å². The first-order valence-electron chi connectivity index (χ1n) is 7.20. The Morgan fingerprint density at radius 3 is 3.05 bits per heavy atom. The molecule has 0 bridgehead atoms. The number of nitrogens with zero attached hydrogens (tertiary/aromatic N) is 2. The summed E-state index contributed by atoms with van der Waals surface area (Å²) in [4.78, 5) is 16.5. The van der Waals surface area contributed by atoms with Crippen LogP contribution in [0.2, 0.25) is 0 Å². The minimum Gasteiger partial charge on any atom is -0.375 e. The van der Waals surface area contributed by atoms with Crippen LogP contribution in [0.4, 0.5) is 5.69 Å². The van der Waals surface area contributed by atoms with Gasteiger partial charge in [0.1, 0.15) is 6.04 Å². The second-order valence-electron chi connectivity index (χ2n) is 5.21. The van der Waals surface area contributed by atoms with Crippen molar-refractivity contribution < 1.29 is 14.1 Å². The SMILES string of the molecule is Cc1nc(-c2cccc(NC(=O)[C@H]3NCCO[C@@H]3C)c2)no1. The van der Waals surface area contributed by atoms with Gasteiger partial charge in [0, 0.05) is 24.7 Å². The Hall–Kier alpha value is -2.25. The fraction of sp³-hybridized carbons (Fsp3) is 0.400. The Kier molecular flexibility index (Phi) is 4.17. The third kappa shape index (κ3) is 3.15. The van der Waals surface area contributed by atoms with Crippen LogP contribution in [0.15, 0.2) is 28.8 Å². The van der Waals surface area contributed by atoms with Crippen LogP contribution in [0.3, 0.4) is 0 Å². The summed E-state index contributed by atoms with van der Waals surface area (Å²) in [6.07, 6.45) is -0.156. The molecule has 1 amide bonds. The number of benzene rings is 1. The first-order chi connectivity index (χ1) is 10.6. The van der Waals surface area contributed by atoms with E-state index in [9.17, 15) is 4.79 Å². The summed E-state index contributed by atoms with van der Waals surface area (Å²) >= 11 is 0. The number of rotatable bonds is 3. The van der Waals surface area contributed by atoms with E-state index in [-0.39, 0.29) is 18.1 Å². The van der Waals surface area contributed by atoms with Crippen LogP contribution in [0.5, 0.6) is 0 Å². The van der Waals surface area contributed by atoms with Crippen LogP contribution in [0.1, 0.15) is 12.8 Å². The van der Waals surface area contributed by atoms with Gasteiger partial charge in [-0.1, -0.05) is 17.3 Å². The lowest BCUT2D eigenvalue weighted by molar-refractivity contribution is -0.123. The zero-order valence-corrected chi connectivity index (χ0v) is 12.5. The Morgan fingerprint density at radius 2 is 2.32 bits per heavy atom. The predicted octanol–water partition coefficient (Wildman–Crippen LogP) is 1.36. The Labute approximate surface area is 128 Å². The van der Waals surface area contributed by atoms with Crippen LogP contribution in [-0.4, -0.2) is 41.3 Å². The van der Waals surface area contributed by atoms with E-state index in [0.717, 1.165) is 5.56 Å². The minimum absolute atomic E-state index is 0.117. The summed E-state index contributed by atoms with van der Waals surface area (Å²) in [5.74, 6) is 0.886. The van der Waals surface area contributed by atoms with Gasteiger partial charge in [0.15, 0.2) is 0 Å². The predicted molar refractivity (Wildman–Crippen MR) is 80.3 cm³/mol. The molecule has 1 aromatic carbocycles. The molecular weight excluding hydrogens is 284 g/mol. The summed E-state index contributed by atoms with van der Waals surface area (Å²) in [6, 6.07) is 6.99. The minimum atomic E-state index is -0.357. The molecule has 22 heavy (non-hydrogen) atoms. The summed E-state index contributed by atoms with van der Waals surface area (Å²) in [5, 5.41) is 9.93. The van der Waals surface area contributed by atoms with E-state index in [1.165, 1.54) is 0 Å². The molecule has 0 aliphatic carbocycles. The number of nitrogens with one attached hydrogen (secondary N) is 2. The molecular formula is C15H18N4O3. The van der Waals surface area contributed by atoms with E-state index in [2.05, 4.69) is 20.8 Å². The molecule has 0 unspecified atom stereocenters. The van der Waals surface area contributed by atoms with Crippen LogP contribution in [0.25, 0.3) is 11.4 Å². The maximum absolute atomic E-state index is 12.3. The molecule has 1 aliphatic heterocycles. The Bertz CT molecular complexity index is 670. The number of ether oxygens (including phenoxy) is 1. The van der Waals surface area contributed by atoms with Crippen molar-refractivity contribution in [2.45, 2.75) is 26.0 Å². The number of aromatic nitrogens is 2. The quantitative estimate of drug-likeness (QED) is 0.890. The molecule has 1 aliphatic rings. The molecule has 7 heteroatoms. The molecule has 2 heterocycles. The van der Waals surface area contributed by atoms with Gasteiger partial charge in [-0.25, -0.2) is 0 Å². The van der Waals surface area contributed by atoms with Crippen molar-refractivity contribution in [3.63, 3.8) is 0 Å². The summed E-state index contributed by atoms with van der Waals surface area (Å²) in [7, 11) is 0. The maximum atomic E-state index is 12.3. The van der Waals surface area contributed by atoms with Crippen LogP contribution in [0, 0.1) is 6.92 Å². The van der Waals surface area contributed by atoms with E-state index in [4.69, 9.17) is 9.26 Å². The van der Waals surface area contributed by atoms with Crippen LogP contribution < -0.4 is 10.6 Å². The molecule has 2 atom stereocenters. The van der Waals surface area contributed by atoms with Gasteiger partial charge >= 0.3 is 0 Å². The number of hydrogen-bond donors (Lipinski definition) is 2. The van der Waals surface area contributed by atoms with Crippen molar-refractivity contribution in [3.8, 4) is 11.4 Å². The average Bonchev–Trinajstić information content (AvgIpc) is 2.94. The highest BCUT2D eigenvalue weighted by molar-refractivity contribution is 5.95. The Balaban J connectivity index is 1.74. The molecule has 2 N–H and O–H groups in total. The molecule has 3 rings (SSSR count). The highest BCUT2D eigenvalue weighted by atomic mass is 16.5. The fourth-order valence-electron chi connectivity index (χ4n) is 2.40. The van der Waals surface area contributed by atoms with Gasteiger partial charge in [-0.15, -0.1) is 0 Å². The number of carbonyl (C=O) groups excluding carboxylic acids is 1. The molecule has 7 nitrogen and oxygen atoms in total. The zero-order chi connectivity index (χ0) is 15.5. The lowest BCUT2D eigenvalue weighted by Crippen LogP contribution is -2.53. The number of anilines is 1. The highest BCUT2D eigenvalue weighted by Gasteiger charge is 2.28. The number of morpholine rings is 1. The summed E-state index contributed by atoms with van der Waals surface area (Å²) in [6.45, 7) is 4.91. The lowest BCUT2D eigenvalue weighted by atomic mass is 10.1. The topological polar surface area (TPSA) is 89.3 Å². The van der Waals surface area contributed by atoms with Gasteiger partial charge in [0.25, 0.3) is 0 Å². The van der Waals surface area contributed by atoms with Crippen LogP contribution >= 0.6 is 0 Å². The average molecular weight is 302 g/mol. The van der Waals surface area contributed by atoms with Gasteiger partial charge in [-0.3, -0.25) is 4.79 Å². The number of hydrogen-bond acceptors (Lipinski definition) is 6. The smallest absolute Gasteiger partial charge is 0.244 e. The third-order valence-corrected chi connectivity index (χ3v) is 3.51. The first-order valence-corrected chi connectivity index (χ1v) is 7.20. The van der Waals surface area contributed by atoms with Crippen molar-refractivity contribution in [1.82, 2.24) is 15.5 Å². The molecule has 1 saturated heterocycles. The normalized spacial score (nSPS) is 21.5. The molecule has 116 valence electrons. The van der Waals surface area contributed by atoms with Crippen molar-refractivity contribution in [2.24, 2.45) is 0 Å². The van der Waals surface area contributed by atoms with Gasteiger partial charge in [0.05, 0.1) is 12.7 Å². The van der Waals surface area contributed by atoms with Crippen molar-refractivity contribution >= 4 is 11.6 Å². The van der Waals surface area contributed by atoms with Crippen molar-refractivity contribution in [3.05, 3.63) is 30.2 Å². The van der Waals surface area contributed by atoms with E-state index >= 15 is 0 Å². The number of carbonyl (C=O) groups is 1. The van der Waals surface area contributed by atoms with Gasteiger partial charge < -0.3 is 19.9 Å². The molecule has 0 saturated carbocycles. The largest absolute Gasteiger partial charge is 0.375 e. The Morgan fingerprint density at radius 1 is 1.45 bits per heavy atom. The highest BCUT2D eigenvalue weighted by Crippen LogP contribution is 2.20. The first kappa shape index (κ1) is 14.7. The molecule has 2 aromatic rings. The third-order valence-electron chi connectivity index (χ3n) is 3.51. The maximum Gasteiger partial charge on any atom is 0.244 e. The van der Waals surface area contributed by atoms with Crippen molar-refractivity contribution in [1.29, 1.82) is 0 Å². The molecule has 0 radical (unpaired) electrons. The van der Waals surface area contributed by atoms with Gasteiger partial charge in [-0.2, -0.15) is 4.98 Å². The second kappa shape index (κ2) is 6.25. The molecule has 0 spiro atoms. The number of amides is 1. The van der Waals surface area contributed by atoms with E-state index in [1.54, 1.807) is 6.92 Å². The van der Waals surface area contributed by atoms with Crippen LogP contribution in [-0.2, 0) is 9.53 Å². The van der Waals surface area contributed by atoms with Crippen molar-refractivity contribution in [2.75, 3.05) is 18.5 Å². The second-order valence-corrected chi connectivity index (χ2v) is 5.21. The molecule has 1 aromatic heterocycles. The fourth-order valence-corrected chi connectivity index (χ4v) is 2.40. The standard InChI is InChI=1S/C15H18N4O3/c1-9-13(16-6-7-21-9)15(20)18-12-5-3-4-11(8-12)14-17-10(2)22-19-14/h3-5,8-9,13,16H,6-7H2,1-2H3,(H,18,20)/t9-,13+/m1/s1. The van der Waals surface area contributed by atoms with Gasteiger partial charge in [0.2, 0.25) is 17.6 Å². The zero-order valence-electron chi connectivity index (χ0n) is 12.5. The van der Waals surface area contributed by atoms with E-state index < -0.39 is 0 Å². The lowest BCUT2D eigenvalue weighted by Gasteiger charge is -2.29. The monoisotopic (exact) mass is 302 g/mol. The molecule has 1 fully saturated rings.